The Bertz CT molecular complexity index is 1110. The summed E-state index contributed by atoms with van der Waals surface area (Å²) in [7, 11) is 1.74. The molecule has 0 bridgehead atoms. The van der Waals surface area contributed by atoms with Gasteiger partial charge in [-0.3, -0.25) is 4.79 Å². The lowest BCUT2D eigenvalue weighted by atomic mass is 9.80. The predicted molar refractivity (Wildman–Crippen MR) is 114 cm³/mol. The summed E-state index contributed by atoms with van der Waals surface area (Å²) in [5.74, 6) is -0.152. The van der Waals surface area contributed by atoms with Crippen LogP contribution in [0.15, 0.2) is 63.8 Å². The monoisotopic (exact) mass is 407 g/mol. The molecule has 0 radical (unpaired) electrons. The van der Waals surface area contributed by atoms with Gasteiger partial charge in [0.2, 0.25) is 0 Å². The van der Waals surface area contributed by atoms with Crippen molar-refractivity contribution < 1.29 is 19.1 Å². The van der Waals surface area contributed by atoms with Crippen LogP contribution in [0.25, 0.3) is 22.1 Å². The van der Waals surface area contributed by atoms with E-state index in [-0.39, 0.29) is 17.9 Å². The standard InChI is InChI=1S/C24H25NO5/c1-25(15-24(16-26)9-11-29-12-10-24)22(27)19-7-4-6-17(13-19)20-14-18-5-2-3-8-21(18)30-23(20)28/h2-8,13-14,26H,9-12,15-16H2,1H3. The molecule has 156 valence electrons. The Kier molecular flexibility index (Phi) is 5.70. The number of aliphatic hydroxyl groups excluding tert-OH is 1. The van der Waals surface area contributed by atoms with Crippen molar-refractivity contribution in [2.24, 2.45) is 5.41 Å². The van der Waals surface area contributed by atoms with E-state index in [0.29, 0.717) is 42.0 Å². The first-order valence-electron chi connectivity index (χ1n) is 10.1. The second-order valence-electron chi connectivity index (χ2n) is 8.00. The van der Waals surface area contributed by atoms with Crippen LogP contribution in [0.5, 0.6) is 0 Å². The molecular formula is C24H25NO5. The van der Waals surface area contributed by atoms with Gasteiger partial charge in [-0.1, -0.05) is 30.3 Å². The molecule has 6 nitrogen and oxygen atoms in total. The lowest BCUT2D eigenvalue weighted by Crippen LogP contribution is -2.44. The van der Waals surface area contributed by atoms with Crippen LogP contribution < -0.4 is 5.63 Å². The number of carbonyl (C=O) groups is 1. The third kappa shape index (κ3) is 4.01. The van der Waals surface area contributed by atoms with Crippen molar-refractivity contribution in [3.8, 4) is 11.1 Å². The van der Waals surface area contributed by atoms with Gasteiger partial charge in [0.25, 0.3) is 5.91 Å². The fraction of sp³-hybridized carbons (Fsp3) is 0.333. The summed E-state index contributed by atoms with van der Waals surface area (Å²) >= 11 is 0. The Labute approximate surface area is 174 Å². The minimum atomic E-state index is -0.437. The molecule has 1 aromatic heterocycles. The largest absolute Gasteiger partial charge is 0.422 e. The first-order chi connectivity index (χ1) is 14.5. The van der Waals surface area contributed by atoms with Crippen LogP contribution in [0.4, 0.5) is 0 Å². The summed E-state index contributed by atoms with van der Waals surface area (Å²) in [5, 5.41) is 10.7. The fourth-order valence-corrected chi connectivity index (χ4v) is 4.05. The van der Waals surface area contributed by atoms with Crippen LogP contribution in [0.1, 0.15) is 23.2 Å². The maximum absolute atomic E-state index is 13.1. The molecule has 1 aliphatic rings. The SMILES string of the molecule is CN(CC1(CO)CCOCC1)C(=O)c1cccc(-c2cc3ccccc3oc2=O)c1. The molecule has 1 N–H and O–H groups in total. The Morgan fingerprint density at radius 2 is 1.87 bits per heavy atom. The maximum atomic E-state index is 13.1. The molecule has 0 saturated carbocycles. The Balaban J connectivity index is 1.61. The summed E-state index contributed by atoms with van der Waals surface area (Å²) in [6, 6.07) is 16.1. The highest BCUT2D eigenvalue weighted by Crippen LogP contribution is 2.31. The van der Waals surface area contributed by atoms with Crippen molar-refractivity contribution in [3.63, 3.8) is 0 Å². The lowest BCUT2D eigenvalue weighted by Gasteiger charge is -2.38. The molecule has 0 spiro atoms. The van der Waals surface area contributed by atoms with E-state index in [0.717, 1.165) is 18.2 Å². The molecule has 1 aliphatic heterocycles. The van der Waals surface area contributed by atoms with Gasteiger partial charge in [-0.25, -0.2) is 4.79 Å². The van der Waals surface area contributed by atoms with E-state index >= 15 is 0 Å². The predicted octanol–water partition coefficient (Wildman–Crippen LogP) is 3.32. The highest BCUT2D eigenvalue weighted by molar-refractivity contribution is 5.95. The highest BCUT2D eigenvalue weighted by Gasteiger charge is 2.34. The van der Waals surface area contributed by atoms with Crippen molar-refractivity contribution in [2.75, 3.05) is 33.4 Å². The quantitative estimate of drug-likeness (QED) is 0.657. The number of benzene rings is 2. The van der Waals surface area contributed by atoms with E-state index in [1.54, 1.807) is 48.3 Å². The molecule has 1 amide bonds. The second-order valence-corrected chi connectivity index (χ2v) is 8.00. The number of ether oxygens (including phenoxy) is 1. The van der Waals surface area contributed by atoms with Gasteiger partial charge in [-0.05, 0) is 42.7 Å². The zero-order valence-corrected chi connectivity index (χ0v) is 17.0. The summed E-state index contributed by atoms with van der Waals surface area (Å²) in [5.41, 5.74) is 1.30. The van der Waals surface area contributed by atoms with E-state index in [2.05, 4.69) is 0 Å². The Morgan fingerprint density at radius 1 is 1.10 bits per heavy atom. The van der Waals surface area contributed by atoms with Crippen molar-refractivity contribution in [1.29, 1.82) is 0 Å². The first kappa shape index (κ1) is 20.3. The molecule has 0 atom stereocenters. The Morgan fingerprint density at radius 3 is 2.63 bits per heavy atom. The number of nitrogens with zero attached hydrogens (tertiary/aromatic N) is 1. The van der Waals surface area contributed by atoms with Crippen molar-refractivity contribution in [3.05, 3.63) is 70.6 Å². The van der Waals surface area contributed by atoms with Gasteiger partial charge < -0.3 is 19.2 Å². The normalized spacial score (nSPS) is 15.8. The van der Waals surface area contributed by atoms with Crippen molar-refractivity contribution in [2.45, 2.75) is 12.8 Å². The van der Waals surface area contributed by atoms with Gasteiger partial charge >= 0.3 is 5.63 Å². The number of carbonyl (C=O) groups excluding carboxylic acids is 1. The minimum absolute atomic E-state index is 0.0200. The van der Waals surface area contributed by atoms with Gasteiger partial charge in [-0.2, -0.15) is 0 Å². The maximum Gasteiger partial charge on any atom is 0.344 e. The number of aliphatic hydroxyl groups is 1. The molecule has 30 heavy (non-hydrogen) atoms. The average molecular weight is 407 g/mol. The summed E-state index contributed by atoms with van der Waals surface area (Å²) in [6.07, 6.45) is 1.44. The third-order valence-electron chi connectivity index (χ3n) is 5.87. The van der Waals surface area contributed by atoms with E-state index < -0.39 is 5.63 Å². The van der Waals surface area contributed by atoms with Crippen LogP contribution in [0.2, 0.25) is 0 Å². The topological polar surface area (TPSA) is 80.0 Å². The average Bonchev–Trinajstić information content (AvgIpc) is 2.78. The van der Waals surface area contributed by atoms with Crippen LogP contribution in [0, 0.1) is 5.41 Å². The second kappa shape index (κ2) is 8.42. The van der Waals surface area contributed by atoms with Crippen LogP contribution in [0.3, 0.4) is 0 Å². The number of hydrogen-bond acceptors (Lipinski definition) is 5. The van der Waals surface area contributed by atoms with Gasteiger partial charge in [0, 0.05) is 43.2 Å². The van der Waals surface area contributed by atoms with Gasteiger partial charge in [0.05, 0.1) is 12.2 Å². The molecule has 2 aromatic carbocycles. The van der Waals surface area contributed by atoms with Gasteiger partial charge in [0.1, 0.15) is 5.58 Å². The smallest absolute Gasteiger partial charge is 0.344 e. The number of fused-ring (bicyclic) bond motifs is 1. The van der Waals surface area contributed by atoms with E-state index in [1.807, 2.05) is 18.2 Å². The lowest BCUT2D eigenvalue weighted by molar-refractivity contribution is -0.0282. The third-order valence-corrected chi connectivity index (χ3v) is 5.87. The van der Waals surface area contributed by atoms with Crippen LogP contribution >= 0.6 is 0 Å². The highest BCUT2D eigenvalue weighted by atomic mass is 16.5. The molecular weight excluding hydrogens is 382 g/mol. The molecule has 1 saturated heterocycles. The zero-order valence-electron chi connectivity index (χ0n) is 17.0. The van der Waals surface area contributed by atoms with Gasteiger partial charge in [0.15, 0.2) is 0 Å². The number of rotatable bonds is 5. The molecule has 2 heterocycles. The molecule has 6 heteroatoms. The molecule has 0 aliphatic carbocycles. The van der Waals surface area contributed by atoms with E-state index in [1.165, 1.54) is 0 Å². The van der Waals surface area contributed by atoms with E-state index in [4.69, 9.17) is 9.15 Å². The number of hydrogen-bond donors (Lipinski definition) is 1. The van der Waals surface area contributed by atoms with Crippen molar-refractivity contribution >= 4 is 16.9 Å². The Hall–Kier alpha value is -2.96. The zero-order chi connectivity index (χ0) is 21.1. The number of para-hydroxylation sites is 1. The van der Waals surface area contributed by atoms with Crippen LogP contribution in [-0.4, -0.2) is 49.3 Å². The summed E-state index contributed by atoms with van der Waals surface area (Å²) in [4.78, 5) is 27.2. The summed E-state index contributed by atoms with van der Waals surface area (Å²) < 4.78 is 10.8. The molecule has 3 aromatic rings. The number of amides is 1. The van der Waals surface area contributed by atoms with E-state index in [9.17, 15) is 14.7 Å². The molecule has 0 unspecified atom stereocenters. The van der Waals surface area contributed by atoms with Crippen molar-refractivity contribution in [1.82, 2.24) is 4.90 Å². The summed E-state index contributed by atoms with van der Waals surface area (Å²) in [6.45, 7) is 1.66. The molecule has 4 rings (SSSR count). The fourth-order valence-electron chi connectivity index (χ4n) is 4.05. The van der Waals surface area contributed by atoms with Gasteiger partial charge in [-0.15, -0.1) is 0 Å². The minimum Gasteiger partial charge on any atom is -0.422 e. The first-order valence-corrected chi connectivity index (χ1v) is 10.1. The molecule has 1 fully saturated rings. The van der Waals surface area contributed by atoms with Crippen LogP contribution in [-0.2, 0) is 4.74 Å².